The van der Waals surface area contributed by atoms with E-state index in [0.29, 0.717) is 0 Å². The molecule has 1 aliphatic rings. The summed E-state index contributed by atoms with van der Waals surface area (Å²) in [5, 5.41) is 13.7. The van der Waals surface area contributed by atoms with Crippen LogP contribution in [-0.4, -0.2) is 17.5 Å². The third kappa shape index (κ3) is 1.53. The Labute approximate surface area is 75.6 Å². The van der Waals surface area contributed by atoms with Gasteiger partial charge in [0.15, 0.2) is 0 Å². The van der Waals surface area contributed by atoms with Gasteiger partial charge in [0.05, 0.1) is 11.7 Å². The summed E-state index contributed by atoms with van der Waals surface area (Å²) in [5.74, 6) is -1.21. The molecule has 1 aromatic heterocycles. The molecule has 0 atom stereocenters. The Kier molecular flexibility index (Phi) is 1.98. The first-order chi connectivity index (χ1) is 6.27. The Balaban J connectivity index is 2.40. The molecule has 0 aliphatic carbocycles. The second-order valence-corrected chi connectivity index (χ2v) is 3.02. The lowest BCUT2D eigenvalue weighted by Gasteiger charge is -2.16. The van der Waals surface area contributed by atoms with Crippen molar-refractivity contribution in [3.63, 3.8) is 0 Å². The van der Waals surface area contributed by atoms with Gasteiger partial charge in [-0.05, 0) is 11.6 Å². The molecule has 68 valence electrons. The summed E-state index contributed by atoms with van der Waals surface area (Å²) in [6, 6.07) is 3.28. The zero-order valence-electron chi connectivity index (χ0n) is 7.04. The molecule has 1 N–H and O–H groups in total. The molecule has 0 unspecified atom stereocenters. The molecular weight excluding hydrogens is 168 g/mol. The highest BCUT2D eigenvalue weighted by atomic mass is 16.4. The minimum absolute atomic E-state index is 0.0284. The Morgan fingerprint density at radius 1 is 1.54 bits per heavy atom. The first-order valence-electron chi connectivity index (χ1n) is 4.18. The minimum Gasteiger partial charge on any atom is -0.543 e. The number of aromatic carboxylic acids is 1. The summed E-state index contributed by atoms with van der Waals surface area (Å²) in [4.78, 5) is 14.5. The van der Waals surface area contributed by atoms with Crippen LogP contribution in [-0.2, 0) is 13.0 Å². The lowest BCUT2D eigenvalue weighted by Crippen LogP contribution is -2.28. The smallest absolute Gasteiger partial charge is 0.0900 e. The van der Waals surface area contributed by atoms with Crippen molar-refractivity contribution in [2.75, 3.05) is 6.54 Å². The molecule has 1 aromatic rings. The van der Waals surface area contributed by atoms with Gasteiger partial charge in [-0.25, -0.2) is 0 Å². The van der Waals surface area contributed by atoms with Crippen LogP contribution in [0.3, 0.4) is 0 Å². The lowest BCUT2D eigenvalue weighted by atomic mass is 10.1. The molecular formula is C9H9N2O2-. The van der Waals surface area contributed by atoms with Crippen LogP contribution in [0.25, 0.3) is 0 Å². The van der Waals surface area contributed by atoms with Gasteiger partial charge < -0.3 is 15.2 Å². The molecule has 0 saturated heterocycles. The Morgan fingerprint density at radius 3 is 3.15 bits per heavy atom. The maximum atomic E-state index is 10.5. The number of nitrogens with one attached hydrogen (secondary N) is 1. The predicted octanol–water partition coefficient (Wildman–Crippen LogP) is -0.909. The molecule has 4 heteroatoms. The number of fused-ring (bicyclic) bond motifs is 1. The summed E-state index contributed by atoms with van der Waals surface area (Å²) in [5.41, 5.74) is 1.98. The molecule has 0 radical (unpaired) electrons. The van der Waals surface area contributed by atoms with E-state index >= 15 is 0 Å². The zero-order valence-corrected chi connectivity index (χ0v) is 7.04. The topological polar surface area (TPSA) is 65.0 Å². The van der Waals surface area contributed by atoms with Crippen molar-refractivity contribution in [2.45, 2.75) is 13.0 Å². The van der Waals surface area contributed by atoms with Gasteiger partial charge in [0.1, 0.15) is 0 Å². The van der Waals surface area contributed by atoms with E-state index in [4.69, 9.17) is 0 Å². The van der Waals surface area contributed by atoms with Gasteiger partial charge in [0, 0.05) is 25.2 Å². The average molecular weight is 177 g/mol. The number of carboxylic acid groups (broad SMARTS) is 1. The molecule has 0 amide bonds. The van der Waals surface area contributed by atoms with E-state index < -0.39 is 5.97 Å². The van der Waals surface area contributed by atoms with Gasteiger partial charge in [0.2, 0.25) is 0 Å². The Morgan fingerprint density at radius 2 is 2.38 bits per heavy atom. The van der Waals surface area contributed by atoms with Gasteiger partial charge >= 0.3 is 0 Å². The molecule has 4 nitrogen and oxygen atoms in total. The molecule has 0 aromatic carbocycles. The van der Waals surface area contributed by atoms with Crippen molar-refractivity contribution in [3.05, 3.63) is 29.1 Å². The summed E-state index contributed by atoms with van der Waals surface area (Å²) < 4.78 is 0. The van der Waals surface area contributed by atoms with Crippen LogP contribution < -0.4 is 10.4 Å². The summed E-state index contributed by atoms with van der Waals surface area (Å²) in [6.07, 6.45) is 0.788. The van der Waals surface area contributed by atoms with Crippen LogP contribution in [0.1, 0.15) is 21.7 Å². The van der Waals surface area contributed by atoms with Crippen molar-refractivity contribution >= 4 is 5.97 Å². The van der Waals surface area contributed by atoms with Crippen LogP contribution in [0.2, 0.25) is 0 Å². The van der Waals surface area contributed by atoms with Crippen molar-refractivity contribution < 1.29 is 9.90 Å². The number of pyridine rings is 1. The number of rotatable bonds is 1. The average Bonchev–Trinajstić information content (AvgIpc) is 2.17. The highest BCUT2D eigenvalue weighted by molar-refractivity contribution is 5.83. The second-order valence-electron chi connectivity index (χ2n) is 3.02. The molecule has 1 aliphatic heterocycles. The summed E-state index contributed by atoms with van der Waals surface area (Å²) >= 11 is 0. The SMILES string of the molecule is O=C([O-])c1ccc2c(n1)CCNC2. The lowest BCUT2D eigenvalue weighted by molar-refractivity contribution is -0.255. The van der Waals surface area contributed by atoms with Crippen molar-refractivity contribution in [2.24, 2.45) is 0 Å². The summed E-state index contributed by atoms with van der Waals surface area (Å²) in [7, 11) is 0. The van der Waals surface area contributed by atoms with Gasteiger partial charge in [-0.3, -0.25) is 4.98 Å². The van der Waals surface area contributed by atoms with Crippen molar-refractivity contribution in [1.82, 2.24) is 10.3 Å². The van der Waals surface area contributed by atoms with Crippen LogP contribution in [0, 0.1) is 0 Å². The quantitative estimate of drug-likeness (QED) is 0.603. The van der Waals surface area contributed by atoms with E-state index in [1.807, 2.05) is 0 Å². The Hall–Kier alpha value is -1.42. The molecule has 13 heavy (non-hydrogen) atoms. The predicted molar refractivity (Wildman–Crippen MR) is 44.0 cm³/mol. The van der Waals surface area contributed by atoms with E-state index in [-0.39, 0.29) is 5.69 Å². The number of nitrogens with zero attached hydrogens (tertiary/aromatic N) is 1. The van der Waals surface area contributed by atoms with Crippen molar-refractivity contribution in [3.8, 4) is 0 Å². The first kappa shape index (κ1) is 8.19. The van der Waals surface area contributed by atoms with E-state index in [1.165, 1.54) is 6.07 Å². The van der Waals surface area contributed by atoms with Gasteiger partial charge in [-0.15, -0.1) is 0 Å². The maximum Gasteiger partial charge on any atom is 0.0900 e. The van der Waals surface area contributed by atoms with Crippen molar-refractivity contribution in [1.29, 1.82) is 0 Å². The molecule has 2 rings (SSSR count). The fraction of sp³-hybridized carbons (Fsp3) is 0.333. The molecule has 0 spiro atoms. The molecule has 0 saturated carbocycles. The normalized spacial score (nSPS) is 15.1. The van der Waals surface area contributed by atoms with Gasteiger partial charge in [0.25, 0.3) is 0 Å². The highest BCUT2D eigenvalue weighted by Gasteiger charge is 2.10. The zero-order chi connectivity index (χ0) is 9.26. The van der Waals surface area contributed by atoms with E-state index in [0.717, 1.165) is 30.8 Å². The number of carboxylic acids is 1. The molecule has 2 heterocycles. The van der Waals surface area contributed by atoms with E-state index in [2.05, 4.69) is 10.3 Å². The van der Waals surface area contributed by atoms with Gasteiger partial charge in [-0.1, -0.05) is 6.07 Å². The third-order valence-electron chi connectivity index (χ3n) is 2.13. The minimum atomic E-state index is -1.21. The largest absolute Gasteiger partial charge is 0.543 e. The fourth-order valence-corrected chi connectivity index (χ4v) is 1.45. The number of aromatic nitrogens is 1. The van der Waals surface area contributed by atoms with Gasteiger partial charge in [-0.2, -0.15) is 0 Å². The monoisotopic (exact) mass is 177 g/mol. The Bertz CT molecular complexity index is 349. The second kappa shape index (κ2) is 3.14. The van der Waals surface area contributed by atoms with Crippen LogP contribution >= 0.6 is 0 Å². The number of carbonyl (C=O) groups is 1. The van der Waals surface area contributed by atoms with Crippen LogP contribution in [0.5, 0.6) is 0 Å². The fourth-order valence-electron chi connectivity index (χ4n) is 1.45. The number of carbonyl (C=O) groups excluding carboxylic acids is 1. The van der Waals surface area contributed by atoms with E-state index in [1.54, 1.807) is 6.07 Å². The maximum absolute atomic E-state index is 10.5. The van der Waals surface area contributed by atoms with Crippen LogP contribution in [0.15, 0.2) is 12.1 Å². The summed E-state index contributed by atoms with van der Waals surface area (Å²) in [6.45, 7) is 1.63. The first-order valence-corrected chi connectivity index (χ1v) is 4.18. The molecule has 0 bridgehead atoms. The van der Waals surface area contributed by atoms with E-state index in [9.17, 15) is 9.90 Å². The number of hydrogen-bond donors (Lipinski definition) is 1. The standard InChI is InChI=1S/C9H10N2O2/c12-9(13)8-2-1-6-5-10-4-3-7(6)11-8/h1-2,10H,3-5H2,(H,12,13)/p-1. The third-order valence-corrected chi connectivity index (χ3v) is 2.13. The van der Waals surface area contributed by atoms with Crippen LogP contribution in [0.4, 0.5) is 0 Å². The molecule has 0 fully saturated rings. The highest BCUT2D eigenvalue weighted by Crippen LogP contribution is 2.11. The number of hydrogen-bond acceptors (Lipinski definition) is 4.